The Balaban J connectivity index is 1.46. The average Bonchev–Trinajstić information content (AvgIpc) is 3.02. The fourth-order valence-corrected chi connectivity index (χ4v) is 7.49. The molecule has 6 aromatic rings. The van der Waals surface area contributed by atoms with Crippen LogP contribution in [0.25, 0.3) is 55.6 Å². The highest BCUT2D eigenvalue weighted by molar-refractivity contribution is 7.99. The van der Waals surface area contributed by atoms with Crippen LogP contribution in [0.1, 0.15) is 26.3 Å². The molecule has 0 radical (unpaired) electrons. The molecule has 2 aliphatic rings. The summed E-state index contributed by atoms with van der Waals surface area (Å²) in [6.07, 6.45) is 0. The molecular weight excluding hydrogens is 529 g/mol. The van der Waals surface area contributed by atoms with Crippen LogP contribution < -0.4 is 4.74 Å². The summed E-state index contributed by atoms with van der Waals surface area (Å²) >= 11 is 1.79. The number of hydrogen-bond donors (Lipinski definition) is 0. The Labute approximate surface area is 251 Å². The Kier molecular flexibility index (Phi) is 5.70. The second kappa shape index (κ2) is 9.51. The van der Waals surface area contributed by atoms with E-state index in [1.807, 2.05) is 6.07 Å². The summed E-state index contributed by atoms with van der Waals surface area (Å²) in [5.41, 5.74) is 13.7. The second-order valence-electron chi connectivity index (χ2n) is 12.1. The van der Waals surface area contributed by atoms with Crippen LogP contribution in [0.3, 0.4) is 0 Å². The first-order valence-electron chi connectivity index (χ1n) is 14.5. The third-order valence-corrected chi connectivity index (χ3v) is 9.56. The first kappa shape index (κ1) is 25.2. The van der Waals surface area contributed by atoms with Gasteiger partial charge < -0.3 is 4.74 Å². The van der Waals surface area contributed by atoms with Crippen molar-refractivity contribution in [1.29, 1.82) is 0 Å². The number of para-hydroxylation sites is 2. The molecule has 202 valence electrons. The first-order valence-corrected chi connectivity index (χ1v) is 15.3. The molecule has 0 unspecified atom stereocenters. The topological polar surface area (TPSA) is 9.23 Å². The van der Waals surface area contributed by atoms with Gasteiger partial charge in [0.2, 0.25) is 0 Å². The van der Waals surface area contributed by atoms with Crippen LogP contribution in [0.2, 0.25) is 0 Å². The molecule has 0 saturated carbocycles. The van der Waals surface area contributed by atoms with Crippen LogP contribution in [-0.2, 0) is 5.41 Å². The molecule has 1 heterocycles. The standard InChI is InChI=1S/C40H30OS/c1-40(2,3)35-24-33-30-18-9-7-16-28(30)26-14-5-4-13-25(26)27-15-6-8-17-29(27)32(33)23-34(35)31-19-12-22-38-39(31)41-36-20-10-11-21-37(36)42-38/h4-24H,1-3H3. The summed E-state index contributed by atoms with van der Waals surface area (Å²) in [5.74, 6) is 1.86. The fraction of sp³-hybridized carbons (Fsp3) is 0.100. The zero-order valence-electron chi connectivity index (χ0n) is 23.9. The van der Waals surface area contributed by atoms with E-state index < -0.39 is 0 Å². The zero-order valence-corrected chi connectivity index (χ0v) is 24.8. The normalized spacial score (nSPS) is 12.7. The molecule has 1 aliphatic carbocycles. The predicted molar refractivity (Wildman–Crippen MR) is 177 cm³/mol. The molecule has 0 bridgehead atoms. The number of benzene rings is 6. The van der Waals surface area contributed by atoms with Gasteiger partial charge >= 0.3 is 0 Å². The van der Waals surface area contributed by atoms with E-state index in [9.17, 15) is 0 Å². The molecule has 6 aromatic carbocycles. The van der Waals surface area contributed by atoms with Gasteiger partial charge in [-0.15, -0.1) is 0 Å². The molecular formula is C40H30OS. The number of ether oxygens (including phenoxy) is 1. The minimum atomic E-state index is -0.0957. The summed E-state index contributed by atoms with van der Waals surface area (Å²) in [6, 6.07) is 46.3. The second-order valence-corrected chi connectivity index (χ2v) is 13.2. The molecule has 0 N–H and O–H groups in total. The van der Waals surface area contributed by atoms with Gasteiger partial charge in [-0.05, 0) is 91.4 Å². The summed E-state index contributed by atoms with van der Waals surface area (Å²) in [5, 5.41) is 0. The Bertz CT molecular complexity index is 2030. The van der Waals surface area contributed by atoms with Crippen molar-refractivity contribution in [1.82, 2.24) is 0 Å². The summed E-state index contributed by atoms with van der Waals surface area (Å²) in [6.45, 7) is 6.95. The smallest absolute Gasteiger partial charge is 0.149 e. The molecule has 0 amide bonds. The van der Waals surface area contributed by atoms with Crippen molar-refractivity contribution in [2.75, 3.05) is 0 Å². The van der Waals surface area contributed by atoms with Crippen molar-refractivity contribution in [2.24, 2.45) is 0 Å². The quantitative estimate of drug-likeness (QED) is 0.198. The lowest BCUT2D eigenvalue weighted by Crippen LogP contribution is -2.14. The minimum Gasteiger partial charge on any atom is -0.454 e. The lowest BCUT2D eigenvalue weighted by Gasteiger charge is -2.30. The third kappa shape index (κ3) is 3.94. The SMILES string of the molecule is CC(C)(C)c1cc2c(cc1-c1cccc3c1Oc1ccccc1S3)-c1ccccc1-c1ccccc1-c1ccccc1-2. The molecule has 0 aromatic heterocycles. The molecule has 0 fully saturated rings. The number of hydrogen-bond acceptors (Lipinski definition) is 2. The average molecular weight is 559 g/mol. The Morgan fingerprint density at radius 2 is 0.881 bits per heavy atom. The van der Waals surface area contributed by atoms with Crippen molar-refractivity contribution in [3.8, 4) is 67.1 Å². The highest BCUT2D eigenvalue weighted by Crippen LogP contribution is 2.54. The summed E-state index contributed by atoms with van der Waals surface area (Å²) in [4.78, 5) is 2.30. The van der Waals surface area contributed by atoms with E-state index in [-0.39, 0.29) is 5.41 Å². The van der Waals surface area contributed by atoms with E-state index in [1.165, 1.54) is 55.6 Å². The van der Waals surface area contributed by atoms with Crippen molar-refractivity contribution in [3.63, 3.8) is 0 Å². The van der Waals surface area contributed by atoms with Gasteiger partial charge in [-0.25, -0.2) is 0 Å². The Morgan fingerprint density at radius 3 is 1.45 bits per heavy atom. The lowest BCUT2D eigenvalue weighted by atomic mass is 9.75. The van der Waals surface area contributed by atoms with E-state index in [4.69, 9.17) is 4.74 Å². The van der Waals surface area contributed by atoms with Crippen molar-refractivity contribution < 1.29 is 4.74 Å². The molecule has 2 heteroatoms. The van der Waals surface area contributed by atoms with E-state index >= 15 is 0 Å². The van der Waals surface area contributed by atoms with Crippen LogP contribution in [-0.4, -0.2) is 0 Å². The van der Waals surface area contributed by atoms with Crippen molar-refractivity contribution in [3.05, 3.63) is 133 Å². The Morgan fingerprint density at radius 1 is 0.429 bits per heavy atom. The van der Waals surface area contributed by atoms with E-state index in [0.717, 1.165) is 26.9 Å². The van der Waals surface area contributed by atoms with Crippen LogP contribution in [0.15, 0.2) is 137 Å². The van der Waals surface area contributed by atoms with Crippen LogP contribution in [0.4, 0.5) is 0 Å². The third-order valence-electron chi connectivity index (χ3n) is 8.46. The van der Waals surface area contributed by atoms with Gasteiger partial charge in [-0.1, -0.05) is 130 Å². The predicted octanol–water partition coefficient (Wildman–Crippen LogP) is 11.9. The zero-order chi connectivity index (χ0) is 28.4. The maximum absolute atomic E-state index is 6.67. The molecule has 1 aliphatic heterocycles. The van der Waals surface area contributed by atoms with Crippen molar-refractivity contribution >= 4 is 11.8 Å². The Hall–Kier alpha value is -4.53. The fourth-order valence-electron chi connectivity index (χ4n) is 6.51. The van der Waals surface area contributed by atoms with Gasteiger partial charge in [0.15, 0.2) is 0 Å². The molecule has 8 rings (SSSR count). The molecule has 1 nitrogen and oxygen atoms in total. The van der Waals surface area contributed by atoms with Gasteiger partial charge in [0, 0.05) is 5.56 Å². The largest absolute Gasteiger partial charge is 0.454 e. The molecule has 0 spiro atoms. The monoisotopic (exact) mass is 558 g/mol. The molecule has 0 atom stereocenters. The minimum absolute atomic E-state index is 0.0957. The van der Waals surface area contributed by atoms with Crippen molar-refractivity contribution in [2.45, 2.75) is 36.0 Å². The van der Waals surface area contributed by atoms with Gasteiger partial charge in [0.25, 0.3) is 0 Å². The van der Waals surface area contributed by atoms with Crippen LogP contribution >= 0.6 is 11.8 Å². The highest BCUT2D eigenvalue weighted by Gasteiger charge is 2.29. The maximum Gasteiger partial charge on any atom is 0.149 e. The number of rotatable bonds is 1. The van der Waals surface area contributed by atoms with E-state index in [1.54, 1.807) is 11.8 Å². The van der Waals surface area contributed by atoms with Gasteiger partial charge in [0.05, 0.1) is 9.79 Å². The maximum atomic E-state index is 6.67. The van der Waals surface area contributed by atoms with Gasteiger partial charge in [-0.2, -0.15) is 0 Å². The molecule has 42 heavy (non-hydrogen) atoms. The van der Waals surface area contributed by atoms with Crippen LogP contribution in [0, 0.1) is 0 Å². The first-order chi connectivity index (χ1) is 20.5. The number of fused-ring (bicyclic) bond motifs is 10. The summed E-state index contributed by atoms with van der Waals surface area (Å²) in [7, 11) is 0. The van der Waals surface area contributed by atoms with Crippen LogP contribution in [0.5, 0.6) is 11.5 Å². The lowest BCUT2D eigenvalue weighted by molar-refractivity contribution is 0.456. The van der Waals surface area contributed by atoms with E-state index in [0.29, 0.717) is 0 Å². The highest BCUT2D eigenvalue weighted by atomic mass is 32.2. The van der Waals surface area contributed by atoms with Gasteiger partial charge in [0.1, 0.15) is 11.5 Å². The van der Waals surface area contributed by atoms with E-state index in [2.05, 4.69) is 142 Å². The molecule has 0 saturated heterocycles. The van der Waals surface area contributed by atoms with Gasteiger partial charge in [-0.3, -0.25) is 0 Å². The summed E-state index contributed by atoms with van der Waals surface area (Å²) < 4.78 is 6.67.